The molecule has 0 fully saturated rings. The molecule has 0 saturated carbocycles. The molecule has 0 saturated heterocycles. The monoisotopic (exact) mass is 695 g/mol. The Morgan fingerprint density at radius 2 is 0.510 bits per heavy atom. The third-order valence-corrected chi connectivity index (χ3v) is 9.10. The quantitative estimate of drug-likeness (QED) is 0.120. The van der Waals surface area contributed by atoms with Crippen molar-refractivity contribution in [2.45, 2.75) is 240 Å². The van der Waals surface area contributed by atoms with Gasteiger partial charge in [-0.25, -0.2) is 0 Å². The molecule has 49 heavy (non-hydrogen) atoms. The Hall–Kier alpha value is -0.0800. The summed E-state index contributed by atoms with van der Waals surface area (Å²) in [5.74, 6) is 0. The highest BCUT2D eigenvalue weighted by molar-refractivity contribution is 4.67. The molecule has 2 nitrogen and oxygen atoms in total. The van der Waals surface area contributed by atoms with Gasteiger partial charge in [0.25, 0.3) is 0 Å². The fourth-order valence-electron chi connectivity index (χ4n) is 5.84. The Morgan fingerprint density at radius 1 is 0.286 bits per heavy atom. The van der Waals surface area contributed by atoms with Crippen LogP contribution in [0.3, 0.4) is 0 Å². The molecule has 0 amide bonds. The van der Waals surface area contributed by atoms with Crippen LogP contribution >= 0.6 is 0 Å². The van der Waals surface area contributed by atoms with Crippen LogP contribution in [-0.2, 0) is 0 Å². The van der Waals surface area contributed by atoms with Crippen LogP contribution in [0, 0.1) is 32.5 Å². The van der Waals surface area contributed by atoms with Gasteiger partial charge in [-0.3, -0.25) is 0 Å². The maximum Gasteiger partial charge on any atom is -0.00216 e. The Labute approximate surface area is 315 Å². The highest BCUT2D eigenvalue weighted by Gasteiger charge is 2.13. The van der Waals surface area contributed by atoms with E-state index in [4.69, 9.17) is 0 Å². The molecule has 0 aromatic carbocycles. The molecular formula is C47H102N2. The molecular weight excluding hydrogens is 593 g/mol. The smallest absolute Gasteiger partial charge is 0.00216 e. The van der Waals surface area contributed by atoms with Crippen LogP contribution < -0.4 is 5.32 Å². The van der Waals surface area contributed by atoms with E-state index in [9.17, 15) is 0 Å². The third-order valence-electron chi connectivity index (χ3n) is 9.10. The number of rotatable bonds is 21. The van der Waals surface area contributed by atoms with E-state index in [0.29, 0.717) is 32.5 Å². The molecule has 2 heteroatoms. The summed E-state index contributed by atoms with van der Waals surface area (Å²) in [5.41, 5.74) is 3.06. The molecule has 0 spiro atoms. The lowest BCUT2D eigenvalue weighted by Crippen LogP contribution is -2.23. The third kappa shape index (κ3) is 60.3. The second-order valence-corrected chi connectivity index (χ2v) is 23.2. The Kier molecular flexibility index (Phi) is 29.9. The summed E-state index contributed by atoms with van der Waals surface area (Å²) in [5, 5.41) is 3.57. The first kappa shape index (κ1) is 53.3. The highest BCUT2D eigenvalue weighted by Crippen LogP contribution is 2.26. The molecule has 0 aliphatic carbocycles. The second-order valence-electron chi connectivity index (χ2n) is 23.2. The van der Waals surface area contributed by atoms with Crippen molar-refractivity contribution in [3.63, 3.8) is 0 Å². The summed E-state index contributed by atoms with van der Waals surface area (Å²) < 4.78 is 0. The van der Waals surface area contributed by atoms with E-state index in [1.807, 2.05) is 0 Å². The van der Waals surface area contributed by atoms with Crippen molar-refractivity contribution in [2.75, 3.05) is 33.2 Å². The average Bonchev–Trinajstić information content (AvgIpc) is 2.86. The van der Waals surface area contributed by atoms with Crippen LogP contribution in [-0.4, -0.2) is 38.1 Å². The molecule has 0 unspecified atom stereocenters. The molecule has 0 bridgehead atoms. The summed E-state index contributed by atoms with van der Waals surface area (Å²) in [7, 11) is 2.26. The minimum Gasteiger partial charge on any atom is -0.317 e. The van der Waals surface area contributed by atoms with Crippen LogP contribution in [0.25, 0.3) is 0 Å². The topological polar surface area (TPSA) is 15.3 Å². The number of nitrogens with one attached hydrogen (secondary N) is 1. The largest absolute Gasteiger partial charge is 0.317 e. The first-order valence-electron chi connectivity index (χ1n) is 21.4. The average molecular weight is 695 g/mol. The zero-order valence-electron chi connectivity index (χ0n) is 38.5. The number of unbranched alkanes of at least 4 members (excludes halogenated alkanes) is 7. The van der Waals surface area contributed by atoms with Crippen molar-refractivity contribution in [3.8, 4) is 0 Å². The molecule has 0 rings (SSSR count). The zero-order valence-corrected chi connectivity index (χ0v) is 38.5. The lowest BCUT2D eigenvalue weighted by Gasteiger charge is -2.23. The van der Waals surface area contributed by atoms with Gasteiger partial charge in [-0.2, -0.15) is 0 Å². The second kappa shape index (κ2) is 27.5. The fraction of sp³-hybridized carbons (Fsp3) is 1.00. The zero-order chi connectivity index (χ0) is 38.8. The summed E-state index contributed by atoms with van der Waals surface area (Å²) in [6, 6.07) is 0. The van der Waals surface area contributed by atoms with Crippen molar-refractivity contribution < 1.29 is 0 Å². The Morgan fingerprint density at radius 3 is 0.816 bits per heavy atom. The summed E-state index contributed by atoms with van der Waals surface area (Å²) in [6.07, 6.45) is 24.8. The maximum absolute atomic E-state index is 3.57. The molecule has 0 aliphatic heterocycles. The fourth-order valence-corrected chi connectivity index (χ4v) is 5.84. The predicted octanol–water partition coefficient (Wildman–Crippen LogP) is 15.8. The highest BCUT2D eigenvalue weighted by atomic mass is 15.1. The lowest BCUT2D eigenvalue weighted by molar-refractivity contribution is 0.265. The van der Waals surface area contributed by atoms with Gasteiger partial charge in [0.2, 0.25) is 0 Å². The van der Waals surface area contributed by atoms with Crippen LogP contribution in [0.2, 0.25) is 0 Å². The summed E-state index contributed by atoms with van der Waals surface area (Å²) in [4.78, 5) is 2.48. The predicted molar refractivity (Wildman–Crippen MR) is 230 cm³/mol. The number of hydrogen-bond donors (Lipinski definition) is 1. The first-order chi connectivity index (χ1) is 22.0. The van der Waals surface area contributed by atoms with Gasteiger partial charge in [-0.1, -0.05) is 176 Å². The first-order valence-corrected chi connectivity index (χ1v) is 21.4. The summed E-state index contributed by atoms with van der Waals surface area (Å²) in [6.45, 7) is 46.9. The van der Waals surface area contributed by atoms with Crippen molar-refractivity contribution in [3.05, 3.63) is 0 Å². The van der Waals surface area contributed by atoms with Gasteiger partial charge in [-0.05, 0) is 130 Å². The molecule has 0 aromatic heterocycles. The molecule has 0 aliphatic rings. The van der Waals surface area contributed by atoms with E-state index in [-0.39, 0.29) is 0 Å². The van der Waals surface area contributed by atoms with Crippen LogP contribution in [0.1, 0.15) is 240 Å². The van der Waals surface area contributed by atoms with E-state index < -0.39 is 0 Å². The molecule has 0 radical (unpaired) electrons. The van der Waals surface area contributed by atoms with Crippen LogP contribution in [0.15, 0.2) is 0 Å². The minimum absolute atomic E-state index is 0.492. The van der Waals surface area contributed by atoms with Gasteiger partial charge >= 0.3 is 0 Å². The Bertz CT molecular complexity index is 633. The van der Waals surface area contributed by atoms with Gasteiger partial charge in [0, 0.05) is 0 Å². The van der Waals surface area contributed by atoms with E-state index in [2.05, 4.69) is 142 Å². The standard InChI is InChI=1S/C17H37N.C15H33N.C15H32/c1-16(2,3)12-9-7-8-10-14-18-15-11-13-17(4,5)6;1-14(2,3)10-8-12-16(7)13-9-11-15(4,5)6;1-14(2,3)12-10-8-7-9-11-13-15(4,5)6/h18H,7-15H2,1-6H3;8-13H2,1-7H3;7-13H2,1-6H3. The van der Waals surface area contributed by atoms with Gasteiger partial charge in [0.05, 0.1) is 0 Å². The van der Waals surface area contributed by atoms with E-state index in [1.165, 1.54) is 142 Å². The molecule has 0 aromatic rings. The van der Waals surface area contributed by atoms with E-state index in [1.54, 1.807) is 0 Å². The summed E-state index contributed by atoms with van der Waals surface area (Å²) >= 11 is 0. The van der Waals surface area contributed by atoms with Crippen LogP contribution in [0.5, 0.6) is 0 Å². The van der Waals surface area contributed by atoms with Crippen LogP contribution in [0.4, 0.5) is 0 Å². The molecule has 0 atom stereocenters. The number of hydrogen-bond acceptors (Lipinski definition) is 2. The SMILES string of the molecule is CC(C)(C)CCCCCCCC(C)(C)C.CC(C)(C)CCCCCCNCCCC(C)(C)C.CN(CCCC(C)(C)C)CCCC(C)(C)C. The van der Waals surface area contributed by atoms with Crippen molar-refractivity contribution in [2.24, 2.45) is 32.5 Å². The van der Waals surface area contributed by atoms with Crippen molar-refractivity contribution in [1.29, 1.82) is 0 Å². The van der Waals surface area contributed by atoms with E-state index in [0.717, 1.165) is 0 Å². The van der Waals surface area contributed by atoms with E-state index >= 15 is 0 Å². The normalized spacial score (nSPS) is 13.2. The lowest BCUT2D eigenvalue weighted by atomic mass is 9.88. The van der Waals surface area contributed by atoms with Gasteiger partial charge in [-0.15, -0.1) is 0 Å². The maximum atomic E-state index is 3.57. The number of nitrogens with zero attached hydrogens (tertiary/aromatic N) is 1. The van der Waals surface area contributed by atoms with Crippen molar-refractivity contribution in [1.82, 2.24) is 10.2 Å². The molecule has 1 N–H and O–H groups in total. The van der Waals surface area contributed by atoms with Gasteiger partial charge in [0.1, 0.15) is 0 Å². The van der Waals surface area contributed by atoms with Crippen molar-refractivity contribution >= 4 is 0 Å². The van der Waals surface area contributed by atoms with Gasteiger partial charge in [0.15, 0.2) is 0 Å². The molecule has 0 heterocycles. The Balaban J connectivity index is -0.000000651. The molecule has 300 valence electrons. The van der Waals surface area contributed by atoms with Gasteiger partial charge < -0.3 is 10.2 Å². The minimum atomic E-state index is 0.492.